The maximum absolute atomic E-state index is 3.96. The van der Waals surface area contributed by atoms with Gasteiger partial charge in [-0.25, -0.2) is 0 Å². The summed E-state index contributed by atoms with van der Waals surface area (Å²) in [7, 11) is 0. The molecule has 0 amide bonds. The van der Waals surface area contributed by atoms with Crippen molar-refractivity contribution in [1.82, 2.24) is 0 Å². The van der Waals surface area contributed by atoms with Crippen LogP contribution in [0.25, 0.3) is 0 Å². The van der Waals surface area contributed by atoms with Crippen LogP contribution in [0.1, 0.15) is 26.2 Å². The van der Waals surface area contributed by atoms with Gasteiger partial charge in [-0.15, -0.1) is 0 Å². The van der Waals surface area contributed by atoms with Crippen LogP contribution in [0.5, 0.6) is 0 Å². The minimum Gasteiger partial charge on any atom is -0.162 e. The van der Waals surface area contributed by atoms with Crippen LogP contribution < -0.4 is 0 Å². The van der Waals surface area contributed by atoms with Crippen LogP contribution in [0.3, 0.4) is 0 Å². The molecule has 0 saturated carbocycles. The molecule has 0 rings (SSSR count). The molecule has 1 atom stereocenters. The Bertz CT molecular complexity index is 43.7. The highest BCUT2D eigenvalue weighted by molar-refractivity contribution is 7.99. The van der Waals surface area contributed by atoms with Gasteiger partial charge in [0.1, 0.15) is 0 Å². The minimum atomic E-state index is 0.620. The molecule has 1 heteroatoms. The Balaban J connectivity index is 2.86. The summed E-state index contributed by atoms with van der Waals surface area (Å²) in [6, 6.07) is 0. The Morgan fingerprint density at radius 3 is 2.62 bits per heavy atom. The zero-order valence-electron chi connectivity index (χ0n) is 5.81. The lowest BCUT2D eigenvalue weighted by atomic mass is 10.2. The van der Waals surface area contributed by atoms with Gasteiger partial charge in [-0.2, -0.15) is 11.8 Å². The van der Waals surface area contributed by atoms with Gasteiger partial charge in [0.25, 0.3) is 0 Å². The fraction of sp³-hybridized carbons (Fsp3) is 0.857. The van der Waals surface area contributed by atoms with E-state index in [0.29, 0.717) is 5.25 Å². The summed E-state index contributed by atoms with van der Waals surface area (Å²) in [6.45, 7) is 6.17. The highest BCUT2D eigenvalue weighted by Gasteiger charge is 1.95. The van der Waals surface area contributed by atoms with Gasteiger partial charge in [0.2, 0.25) is 0 Å². The van der Waals surface area contributed by atoms with Gasteiger partial charge in [0, 0.05) is 5.25 Å². The van der Waals surface area contributed by atoms with E-state index in [4.69, 9.17) is 0 Å². The molecule has 0 bridgehead atoms. The Morgan fingerprint density at radius 1 is 1.62 bits per heavy atom. The molecule has 0 aliphatic rings. The predicted octanol–water partition coefficient (Wildman–Crippen LogP) is 2.74. The topological polar surface area (TPSA) is 0 Å². The van der Waals surface area contributed by atoms with E-state index < -0.39 is 0 Å². The molecule has 1 unspecified atom stereocenters. The number of thioether (sulfide) groups is 1. The van der Waals surface area contributed by atoms with Gasteiger partial charge >= 0.3 is 0 Å². The molecule has 0 aromatic heterocycles. The predicted molar refractivity (Wildman–Crippen MR) is 42.2 cm³/mol. The van der Waals surface area contributed by atoms with Crippen LogP contribution in [-0.4, -0.2) is 11.5 Å². The summed E-state index contributed by atoms with van der Waals surface area (Å²) < 4.78 is 0. The fourth-order valence-electron chi connectivity index (χ4n) is 0.550. The summed E-state index contributed by atoms with van der Waals surface area (Å²) in [4.78, 5) is 0. The van der Waals surface area contributed by atoms with E-state index in [1.807, 2.05) is 11.8 Å². The SMILES string of the molecule is [CH2]C(CCCC)SC. The summed E-state index contributed by atoms with van der Waals surface area (Å²) in [5, 5.41) is 0.620. The second kappa shape index (κ2) is 5.49. The van der Waals surface area contributed by atoms with Crippen LogP contribution in [0.15, 0.2) is 0 Å². The van der Waals surface area contributed by atoms with Crippen molar-refractivity contribution in [3.63, 3.8) is 0 Å². The first-order chi connectivity index (χ1) is 3.81. The molecule has 0 N–H and O–H groups in total. The molecule has 0 aliphatic heterocycles. The van der Waals surface area contributed by atoms with E-state index in [2.05, 4.69) is 20.1 Å². The number of unbranched alkanes of at least 4 members (excludes halogenated alkanes) is 1. The van der Waals surface area contributed by atoms with E-state index in [1.165, 1.54) is 19.3 Å². The van der Waals surface area contributed by atoms with Crippen molar-refractivity contribution in [2.75, 3.05) is 6.26 Å². The van der Waals surface area contributed by atoms with Crippen molar-refractivity contribution in [3.8, 4) is 0 Å². The fourth-order valence-corrected chi connectivity index (χ4v) is 0.952. The Morgan fingerprint density at radius 2 is 2.25 bits per heavy atom. The van der Waals surface area contributed by atoms with Crippen molar-refractivity contribution in [2.45, 2.75) is 31.4 Å². The Hall–Kier alpha value is 0.350. The molecule has 0 fully saturated rings. The molecule has 0 aromatic carbocycles. The molecule has 0 saturated heterocycles. The van der Waals surface area contributed by atoms with Gasteiger partial charge < -0.3 is 0 Å². The van der Waals surface area contributed by atoms with Crippen molar-refractivity contribution in [3.05, 3.63) is 6.92 Å². The molecule has 0 aromatic rings. The minimum absolute atomic E-state index is 0.620. The molecule has 0 aliphatic carbocycles. The third-order valence-electron chi connectivity index (χ3n) is 1.21. The number of hydrogen-bond acceptors (Lipinski definition) is 1. The van der Waals surface area contributed by atoms with Crippen molar-refractivity contribution < 1.29 is 0 Å². The Kier molecular flexibility index (Phi) is 5.73. The first-order valence-electron chi connectivity index (χ1n) is 3.17. The highest BCUT2D eigenvalue weighted by Crippen LogP contribution is 2.11. The second-order valence-corrected chi connectivity index (χ2v) is 3.14. The second-order valence-electron chi connectivity index (χ2n) is 2.00. The van der Waals surface area contributed by atoms with Crippen molar-refractivity contribution in [2.24, 2.45) is 0 Å². The van der Waals surface area contributed by atoms with Crippen LogP contribution >= 0.6 is 11.8 Å². The lowest BCUT2D eigenvalue weighted by Gasteiger charge is -2.04. The van der Waals surface area contributed by atoms with Crippen LogP contribution in [0, 0.1) is 6.92 Å². The quantitative estimate of drug-likeness (QED) is 0.565. The number of hydrogen-bond donors (Lipinski definition) is 0. The third-order valence-corrected chi connectivity index (χ3v) is 2.12. The van der Waals surface area contributed by atoms with Crippen LogP contribution in [0.4, 0.5) is 0 Å². The van der Waals surface area contributed by atoms with Gasteiger partial charge in [-0.05, 0) is 19.6 Å². The lowest BCUT2D eigenvalue weighted by Crippen LogP contribution is -1.93. The van der Waals surface area contributed by atoms with E-state index >= 15 is 0 Å². The summed E-state index contributed by atoms with van der Waals surface area (Å²) in [5.74, 6) is 0. The van der Waals surface area contributed by atoms with Gasteiger partial charge in [0.05, 0.1) is 0 Å². The largest absolute Gasteiger partial charge is 0.162 e. The number of rotatable bonds is 4. The van der Waals surface area contributed by atoms with Crippen molar-refractivity contribution >= 4 is 11.8 Å². The monoisotopic (exact) mass is 131 g/mol. The first kappa shape index (κ1) is 8.35. The molecule has 0 nitrogen and oxygen atoms in total. The highest BCUT2D eigenvalue weighted by atomic mass is 32.2. The zero-order valence-corrected chi connectivity index (χ0v) is 6.63. The normalized spacial score (nSPS) is 13.9. The lowest BCUT2D eigenvalue weighted by molar-refractivity contribution is 0.737. The average molecular weight is 131 g/mol. The smallest absolute Gasteiger partial charge is 0.00446 e. The Labute approximate surface area is 57.1 Å². The van der Waals surface area contributed by atoms with Gasteiger partial charge in [0.15, 0.2) is 0 Å². The van der Waals surface area contributed by atoms with Gasteiger partial charge in [-0.3, -0.25) is 0 Å². The molecule has 0 spiro atoms. The van der Waals surface area contributed by atoms with E-state index in [0.717, 1.165) is 0 Å². The average Bonchev–Trinajstić information content (AvgIpc) is 1.83. The maximum atomic E-state index is 3.96. The summed E-state index contributed by atoms with van der Waals surface area (Å²) >= 11 is 1.85. The van der Waals surface area contributed by atoms with Gasteiger partial charge in [-0.1, -0.05) is 19.8 Å². The standard InChI is InChI=1S/C7H15S/c1-4-5-6-7(2)8-3/h7H,2,4-6H2,1,3H3. The maximum Gasteiger partial charge on any atom is 0.00446 e. The first-order valence-corrected chi connectivity index (χ1v) is 4.46. The molecular formula is C7H15S. The van der Waals surface area contributed by atoms with E-state index in [1.54, 1.807) is 0 Å². The molecule has 49 valence electrons. The molecular weight excluding hydrogens is 116 g/mol. The van der Waals surface area contributed by atoms with Crippen LogP contribution in [-0.2, 0) is 0 Å². The third kappa shape index (κ3) is 4.51. The van der Waals surface area contributed by atoms with Crippen molar-refractivity contribution in [1.29, 1.82) is 0 Å². The van der Waals surface area contributed by atoms with E-state index in [9.17, 15) is 0 Å². The molecule has 0 heterocycles. The molecule has 8 heavy (non-hydrogen) atoms. The summed E-state index contributed by atoms with van der Waals surface area (Å²) in [6.07, 6.45) is 6.02. The van der Waals surface area contributed by atoms with Crippen LogP contribution in [0.2, 0.25) is 0 Å². The molecule has 1 radical (unpaired) electrons. The summed E-state index contributed by atoms with van der Waals surface area (Å²) in [5.41, 5.74) is 0. The van der Waals surface area contributed by atoms with E-state index in [-0.39, 0.29) is 0 Å². The zero-order chi connectivity index (χ0) is 6.41.